The van der Waals surface area contributed by atoms with Crippen LogP contribution >= 0.6 is 0 Å². The van der Waals surface area contributed by atoms with Crippen LogP contribution in [0.3, 0.4) is 0 Å². The van der Waals surface area contributed by atoms with Crippen molar-refractivity contribution in [3.63, 3.8) is 0 Å². The standard InChI is InChI=1S/C18H28N2O3/c1-4-22-16-7-6-15(12-17(16)23-5-2)18(21)20-10-8-14(9-11-20)13-19-3/h6-7,12,14,19H,4-5,8-11,13H2,1-3H3. The van der Waals surface area contributed by atoms with E-state index in [0.717, 1.165) is 32.5 Å². The SMILES string of the molecule is CCOc1ccc(C(=O)N2CCC(CNC)CC2)cc1OCC. The maximum atomic E-state index is 12.7. The van der Waals surface area contributed by atoms with Gasteiger partial charge in [-0.15, -0.1) is 0 Å². The van der Waals surface area contributed by atoms with Crippen molar-refractivity contribution in [2.45, 2.75) is 26.7 Å². The van der Waals surface area contributed by atoms with Crippen LogP contribution < -0.4 is 14.8 Å². The topological polar surface area (TPSA) is 50.8 Å². The Morgan fingerprint density at radius 2 is 1.83 bits per heavy atom. The predicted molar refractivity (Wildman–Crippen MR) is 91.3 cm³/mol. The first-order valence-corrected chi connectivity index (χ1v) is 8.53. The van der Waals surface area contributed by atoms with Crippen LogP contribution in [0, 0.1) is 5.92 Å². The second-order valence-corrected chi connectivity index (χ2v) is 5.82. The van der Waals surface area contributed by atoms with Crippen LogP contribution in [-0.2, 0) is 0 Å². The summed E-state index contributed by atoms with van der Waals surface area (Å²) in [5.74, 6) is 2.09. The van der Waals surface area contributed by atoms with E-state index in [1.807, 2.05) is 37.9 Å². The predicted octanol–water partition coefficient (Wildman–Crippen LogP) is 2.56. The highest BCUT2D eigenvalue weighted by molar-refractivity contribution is 5.95. The van der Waals surface area contributed by atoms with Gasteiger partial charge in [-0.3, -0.25) is 4.79 Å². The van der Waals surface area contributed by atoms with Gasteiger partial charge in [0.2, 0.25) is 0 Å². The van der Waals surface area contributed by atoms with E-state index >= 15 is 0 Å². The molecule has 5 nitrogen and oxygen atoms in total. The van der Waals surface area contributed by atoms with Crippen molar-refractivity contribution < 1.29 is 14.3 Å². The summed E-state index contributed by atoms with van der Waals surface area (Å²) in [7, 11) is 1.98. The van der Waals surface area contributed by atoms with Crippen molar-refractivity contribution >= 4 is 5.91 Å². The Hall–Kier alpha value is -1.75. The lowest BCUT2D eigenvalue weighted by Gasteiger charge is -2.32. The van der Waals surface area contributed by atoms with Gasteiger partial charge in [0.25, 0.3) is 5.91 Å². The molecule has 0 spiro atoms. The molecule has 1 N–H and O–H groups in total. The zero-order chi connectivity index (χ0) is 16.7. The molecule has 23 heavy (non-hydrogen) atoms. The van der Waals surface area contributed by atoms with E-state index in [4.69, 9.17) is 9.47 Å². The number of nitrogens with one attached hydrogen (secondary N) is 1. The van der Waals surface area contributed by atoms with Crippen LogP contribution in [0.5, 0.6) is 11.5 Å². The maximum absolute atomic E-state index is 12.7. The fourth-order valence-corrected chi connectivity index (χ4v) is 3.00. The van der Waals surface area contributed by atoms with Gasteiger partial charge in [-0.25, -0.2) is 0 Å². The van der Waals surface area contributed by atoms with Crippen molar-refractivity contribution in [1.29, 1.82) is 0 Å². The first-order chi connectivity index (χ1) is 11.2. The average molecular weight is 320 g/mol. The van der Waals surface area contributed by atoms with Crippen molar-refractivity contribution in [1.82, 2.24) is 10.2 Å². The summed E-state index contributed by atoms with van der Waals surface area (Å²) in [5.41, 5.74) is 0.670. The second-order valence-electron chi connectivity index (χ2n) is 5.82. The molecule has 2 rings (SSSR count). The number of piperidine rings is 1. The van der Waals surface area contributed by atoms with E-state index in [1.165, 1.54) is 0 Å². The van der Waals surface area contributed by atoms with Crippen LogP contribution in [0.1, 0.15) is 37.0 Å². The van der Waals surface area contributed by atoms with E-state index in [2.05, 4.69) is 5.32 Å². The van der Waals surface area contributed by atoms with Crippen LogP contribution in [0.4, 0.5) is 0 Å². The summed E-state index contributed by atoms with van der Waals surface area (Å²) >= 11 is 0. The largest absolute Gasteiger partial charge is 0.490 e. The molecule has 1 saturated heterocycles. The van der Waals surface area contributed by atoms with Crippen LogP contribution in [0.15, 0.2) is 18.2 Å². The third-order valence-corrected chi connectivity index (χ3v) is 4.18. The van der Waals surface area contributed by atoms with Crippen molar-refractivity contribution in [2.75, 3.05) is 39.9 Å². The quantitative estimate of drug-likeness (QED) is 0.839. The highest BCUT2D eigenvalue weighted by Gasteiger charge is 2.24. The zero-order valence-electron chi connectivity index (χ0n) is 14.4. The van der Waals surface area contributed by atoms with Gasteiger partial charge in [-0.1, -0.05) is 0 Å². The fourth-order valence-electron chi connectivity index (χ4n) is 3.00. The van der Waals surface area contributed by atoms with E-state index < -0.39 is 0 Å². The molecule has 0 saturated carbocycles. The number of carbonyl (C=O) groups is 1. The molecule has 0 radical (unpaired) electrons. The summed E-state index contributed by atoms with van der Waals surface area (Å²) in [6, 6.07) is 5.46. The number of carbonyl (C=O) groups excluding carboxylic acids is 1. The summed E-state index contributed by atoms with van der Waals surface area (Å²) in [4.78, 5) is 14.6. The Labute approximate surface area is 139 Å². The number of rotatable bonds is 7. The van der Waals surface area contributed by atoms with Crippen molar-refractivity contribution in [3.05, 3.63) is 23.8 Å². The molecule has 1 aromatic rings. The number of nitrogens with zero attached hydrogens (tertiary/aromatic N) is 1. The van der Waals surface area contributed by atoms with Gasteiger partial charge >= 0.3 is 0 Å². The molecule has 1 fully saturated rings. The summed E-state index contributed by atoms with van der Waals surface area (Å²) in [5, 5.41) is 3.22. The van der Waals surface area contributed by atoms with E-state index in [-0.39, 0.29) is 5.91 Å². The molecule has 1 amide bonds. The molecule has 0 bridgehead atoms. The Bertz CT molecular complexity index is 511. The molecule has 128 valence electrons. The Balaban J connectivity index is 2.06. The third-order valence-electron chi connectivity index (χ3n) is 4.18. The lowest BCUT2D eigenvalue weighted by molar-refractivity contribution is 0.0690. The van der Waals surface area contributed by atoms with Gasteiger partial charge in [-0.05, 0) is 64.4 Å². The van der Waals surface area contributed by atoms with Crippen LogP contribution in [-0.4, -0.2) is 50.7 Å². The van der Waals surface area contributed by atoms with Crippen molar-refractivity contribution in [2.24, 2.45) is 5.92 Å². The number of benzene rings is 1. The van der Waals surface area contributed by atoms with Crippen LogP contribution in [0.2, 0.25) is 0 Å². The molecule has 1 aliphatic heterocycles. The molecule has 5 heteroatoms. The van der Waals surface area contributed by atoms with Gasteiger partial charge in [-0.2, -0.15) is 0 Å². The van der Waals surface area contributed by atoms with E-state index in [1.54, 1.807) is 6.07 Å². The average Bonchev–Trinajstić information content (AvgIpc) is 2.57. The molecule has 0 aromatic heterocycles. The molecule has 0 atom stereocenters. The fraction of sp³-hybridized carbons (Fsp3) is 0.611. The van der Waals surface area contributed by atoms with Crippen molar-refractivity contribution in [3.8, 4) is 11.5 Å². The van der Waals surface area contributed by atoms with E-state index in [0.29, 0.717) is 36.2 Å². The minimum Gasteiger partial charge on any atom is -0.490 e. The highest BCUT2D eigenvalue weighted by atomic mass is 16.5. The highest BCUT2D eigenvalue weighted by Crippen LogP contribution is 2.29. The molecule has 0 unspecified atom stereocenters. The minimum absolute atomic E-state index is 0.0805. The van der Waals surface area contributed by atoms with Gasteiger partial charge in [0.05, 0.1) is 13.2 Å². The summed E-state index contributed by atoms with van der Waals surface area (Å²) < 4.78 is 11.2. The maximum Gasteiger partial charge on any atom is 0.253 e. The Morgan fingerprint density at radius 3 is 2.43 bits per heavy atom. The molecule has 1 aliphatic rings. The number of hydrogen-bond donors (Lipinski definition) is 1. The smallest absolute Gasteiger partial charge is 0.253 e. The first kappa shape index (κ1) is 17.6. The molecular formula is C18H28N2O3. The molecular weight excluding hydrogens is 292 g/mol. The van der Waals surface area contributed by atoms with Gasteiger partial charge < -0.3 is 19.7 Å². The Morgan fingerprint density at radius 1 is 1.17 bits per heavy atom. The second kappa shape index (κ2) is 8.77. The van der Waals surface area contributed by atoms with E-state index in [9.17, 15) is 4.79 Å². The van der Waals surface area contributed by atoms with Gasteiger partial charge in [0.15, 0.2) is 11.5 Å². The number of likely N-dealkylation sites (tertiary alicyclic amines) is 1. The summed E-state index contributed by atoms with van der Waals surface area (Å²) in [6.07, 6.45) is 2.11. The first-order valence-electron chi connectivity index (χ1n) is 8.53. The number of ether oxygens (including phenoxy) is 2. The number of hydrogen-bond acceptors (Lipinski definition) is 4. The Kier molecular flexibility index (Phi) is 6.71. The molecule has 0 aliphatic carbocycles. The summed E-state index contributed by atoms with van der Waals surface area (Å²) in [6.45, 7) is 7.66. The molecule has 1 aromatic carbocycles. The molecule has 1 heterocycles. The lowest BCUT2D eigenvalue weighted by atomic mass is 9.96. The van der Waals surface area contributed by atoms with Crippen LogP contribution in [0.25, 0.3) is 0 Å². The van der Waals surface area contributed by atoms with Gasteiger partial charge in [0.1, 0.15) is 0 Å². The zero-order valence-corrected chi connectivity index (χ0v) is 14.4. The minimum atomic E-state index is 0.0805. The normalized spacial score (nSPS) is 15.5. The monoisotopic (exact) mass is 320 g/mol. The van der Waals surface area contributed by atoms with Gasteiger partial charge in [0, 0.05) is 18.7 Å². The lowest BCUT2D eigenvalue weighted by Crippen LogP contribution is -2.40. The third kappa shape index (κ3) is 4.61. The number of amides is 1.